The molecule has 1 amide bonds. The van der Waals surface area contributed by atoms with Crippen LogP contribution in [0.5, 0.6) is 0 Å². The van der Waals surface area contributed by atoms with Crippen LogP contribution in [0.4, 0.5) is 10.1 Å². The third-order valence-corrected chi connectivity index (χ3v) is 7.17. The minimum absolute atomic E-state index is 0.0886. The number of morpholine rings is 1. The van der Waals surface area contributed by atoms with E-state index in [-0.39, 0.29) is 47.5 Å². The van der Waals surface area contributed by atoms with E-state index in [9.17, 15) is 17.6 Å². The Kier molecular flexibility index (Phi) is 7.86. The predicted octanol–water partition coefficient (Wildman–Crippen LogP) is 2.88. The highest BCUT2D eigenvalue weighted by Crippen LogP contribution is 2.22. The maximum absolute atomic E-state index is 13.8. The molecule has 1 N–H and O–H groups in total. The molecule has 1 aliphatic heterocycles. The predicted molar refractivity (Wildman–Crippen MR) is 122 cm³/mol. The molecule has 0 aliphatic carbocycles. The zero-order chi connectivity index (χ0) is 23.3. The van der Waals surface area contributed by atoms with Crippen LogP contribution < -0.4 is 10.2 Å². The Morgan fingerprint density at radius 1 is 1.16 bits per heavy atom. The number of anilines is 1. The molecule has 2 aromatic rings. The summed E-state index contributed by atoms with van der Waals surface area (Å²) in [5, 5.41) is 2.80. The molecule has 1 fully saturated rings. The van der Waals surface area contributed by atoms with Crippen LogP contribution in [0.2, 0.25) is 0 Å². The Morgan fingerprint density at radius 2 is 1.84 bits per heavy atom. The number of para-hydroxylation sites is 1. The van der Waals surface area contributed by atoms with E-state index in [1.807, 2.05) is 13.8 Å². The lowest BCUT2D eigenvalue weighted by atomic mass is 10.2. The first-order valence-corrected chi connectivity index (χ1v) is 12.1. The van der Waals surface area contributed by atoms with E-state index in [1.165, 1.54) is 22.5 Å². The van der Waals surface area contributed by atoms with Gasteiger partial charge in [0.15, 0.2) is 0 Å². The van der Waals surface area contributed by atoms with Gasteiger partial charge in [-0.2, -0.15) is 4.31 Å². The molecule has 2 aromatic carbocycles. The first-order chi connectivity index (χ1) is 15.2. The molecule has 9 heteroatoms. The number of amides is 1. The molecule has 0 saturated carbocycles. The monoisotopic (exact) mass is 463 g/mol. The largest absolute Gasteiger partial charge is 0.373 e. The van der Waals surface area contributed by atoms with Gasteiger partial charge in [-0.1, -0.05) is 18.2 Å². The Balaban J connectivity index is 1.57. The number of hydrogen-bond acceptors (Lipinski definition) is 5. The molecule has 1 heterocycles. The minimum Gasteiger partial charge on any atom is -0.373 e. The molecule has 0 radical (unpaired) electrons. The van der Waals surface area contributed by atoms with E-state index >= 15 is 0 Å². The van der Waals surface area contributed by atoms with Crippen molar-refractivity contribution in [2.24, 2.45) is 0 Å². The van der Waals surface area contributed by atoms with Crippen LogP contribution >= 0.6 is 0 Å². The van der Waals surface area contributed by atoms with Crippen molar-refractivity contribution < 1.29 is 22.3 Å². The Hall–Kier alpha value is -2.49. The highest BCUT2D eigenvalue weighted by Gasteiger charge is 2.32. The van der Waals surface area contributed by atoms with Crippen molar-refractivity contribution in [3.63, 3.8) is 0 Å². The van der Waals surface area contributed by atoms with Crippen LogP contribution in [0, 0.1) is 5.82 Å². The summed E-state index contributed by atoms with van der Waals surface area (Å²) in [5.74, 6) is -0.638. The Bertz CT molecular complexity index is 1040. The van der Waals surface area contributed by atoms with E-state index in [4.69, 9.17) is 4.74 Å². The van der Waals surface area contributed by atoms with Crippen molar-refractivity contribution in [1.29, 1.82) is 0 Å². The molecule has 1 aliphatic rings. The lowest BCUT2D eigenvalue weighted by Crippen LogP contribution is -2.48. The topological polar surface area (TPSA) is 79.0 Å². The van der Waals surface area contributed by atoms with Crippen LogP contribution in [0.15, 0.2) is 53.4 Å². The molecular formula is C23H30FN3O4S. The summed E-state index contributed by atoms with van der Waals surface area (Å²) in [6.45, 7) is 5.17. The molecular weight excluding hydrogens is 433 g/mol. The fourth-order valence-electron chi connectivity index (χ4n) is 3.78. The normalized spacial score (nSPS) is 19.5. The van der Waals surface area contributed by atoms with Crippen LogP contribution in [0.3, 0.4) is 0 Å². The minimum atomic E-state index is -3.72. The standard InChI is InChI=1S/C23H30FN3O4S/c1-17-15-27(16-18(2)31-17)32(29,30)20-9-6-8-19(14-20)23(28)25-12-7-13-26(3)22-11-5-4-10-21(22)24/h4-6,8-11,14,17-18H,7,12-13,15-16H2,1-3H3,(H,25,28). The second-order valence-corrected chi connectivity index (χ2v) is 10.0. The SMILES string of the molecule is CC1CN(S(=O)(=O)c2cccc(C(=O)NCCCN(C)c3ccccc3F)c2)CC(C)O1. The van der Waals surface area contributed by atoms with Gasteiger partial charge in [0.05, 0.1) is 22.8 Å². The number of hydrogen-bond donors (Lipinski definition) is 1. The summed E-state index contributed by atoms with van der Waals surface area (Å²) in [7, 11) is -1.93. The molecule has 2 unspecified atom stereocenters. The molecule has 0 aromatic heterocycles. The maximum atomic E-state index is 13.8. The summed E-state index contributed by atoms with van der Waals surface area (Å²) >= 11 is 0. The number of ether oxygens (including phenoxy) is 1. The maximum Gasteiger partial charge on any atom is 0.251 e. The third kappa shape index (κ3) is 5.85. The summed E-state index contributed by atoms with van der Waals surface area (Å²) in [5.41, 5.74) is 0.784. The molecule has 0 bridgehead atoms. The average Bonchev–Trinajstić information content (AvgIpc) is 2.76. The lowest BCUT2D eigenvalue weighted by molar-refractivity contribution is -0.0440. The van der Waals surface area contributed by atoms with Crippen molar-refractivity contribution >= 4 is 21.6 Å². The molecule has 7 nitrogen and oxygen atoms in total. The molecule has 32 heavy (non-hydrogen) atoms. The van der Waals surface area contributed by atoms with E-state index in [0.717, 1.165) is 0 Å². The Morgan fingerprint density at radius 3 is 2.53 bits per heavy atom. The fourth-order valence-corrected chi connectivity index (χ4v) is 5.41. The average molecular weight is 464 g/mol. The number of sulfonamides is 1. The zero-order valence-corrected chi connectivity index (χ0v) is 19.4. The van der Waals surface area contributed by atoms with Crippen molar-refractivity contribution in [2.75, 3.05) is 38.1 Å². The molecule has 174 valence electrons. The van der Waals surface area contributed by atoms with Gasteiger partial charge in [-0.3, -0.25) is 4.79 Å². The van der Waals surface area contributed by atoms with Crippen LogP contribution in [-0.2, 0) is 14.8 Å². The van der Waals surface area contributed by atoms with Crippen LogP contribution in [0.1, 0.15) is 30.6 Å². The quantitative estimate of drug-likeness (QED) is 0.609. The van der Waals surface area contributed by atoms with Gasteiger partial charge in [0.2, 0.25) is 10.0 Å². The van der Waals surface area contributed by atoms with Gasteiger partial charge in [-0.15, -0.1) is 0 Å². The molecule has 2 atom stereocenters. The van der Waals surface area contributed by atoms with Crippen molar-refractivity contribution in [3.05, 3.63) is 59.9 Å². The van der Waals surface area contributed by atoms with E-state index in [2.05, 4.69) is 5.32 Å². The molecule has 1 saturated heterocycles. The zero-order valence-electron chi connectivity index (χ0n) is 18.6. The molecule has 0 spiro atoms. The van der Waals surface area contributed by atoms with Gasteiger partial charge in [0, 0.05) is 38.8 Å². The highest BCUT2D eigenvalue weighted by atomic mass is 32.2. The second-order valence-electron chi connectivity index (χ2n) is 8.09. The van der Waals surface area contributed by atoms with E-state index in [0.29, 0.717) is 25.2 Å². The van der Waals surface area contributed by atoms with Gasteiger partial charge in [0.1, 0.15) is 5.82 Å². The Labute approximate surface area is 189 Å². The number of rotatable bonds is 8. The smallest absolute Gasteiger partial charge is 0.251 e. The third-order valence-electron chi connectivity index (χ3n) is 5.34. The summed E-state index contributed by atoms with van der Waals surface area (Å²) in [4.78, 5) is 14.4. The molecule has 3 rings (SSSR count). The van der Waals surface area contributed by atoms with Crippen LogP contribution in [-0.4, -0.2) is 64.1 Å². The summed E-state index contributed by atoms with van der Waals surface area (Å²) in [6, 6.07) is 12.6. The fraction of sp³-hybridized carbons (Fsp3) is 0.435. The van der Waals surface area contributed by atoms with Gasteiger partial charge in [-0.25, -0.2) is 12.8 Å². The number of carbonyl (C=O) groups excluding carboxylic acids is 1. The first-order valence-electron chi connectivity index (χ1n) is 10.7. The van der Waals surface area contributed by atoms with Crippen molar-refractivity contribution in [3.8, 4) is 0 Å². The van der Waals surface area contributed by atoms with Gasteiger partial charge in [0.25, 0.3) is 5.91 Å². The second kappa shape index (κ2) is 10.4. The number of benzene rings is 2. The van der Waals surface area contributed by atoms with Crippen molar-refractivity contribution in [2.45, 2.75) is 37.4 Å². The van der Waals surface area contributed by atoms with Crippen LogP contribution in [0.25, 0.3) is 0 Å². The lowest BCUT2D eigenvalue weighted by Gasteiger charge is -2.34. The highest BCUT2D eigenvalue weighted by molar-refractivity contribution is 7.89. The van der Waals surface area contributed by atoms with Crippen molar-refractivity contribution in [1.82, 2.24) is 9.62 Å². The number of carbonyl (C=O) groups is 1. The van der Waals surface area contributed by atoms with Gasteiger partial charge in [-0.05, 0) is 50.6 Å². The van der Waals surface area contributed by atoms with Gasteiger partial charge < -0.3 is 15.0 Å². The summed E-state index contributed by atoms with van der Waals surface area (Å²) in [6.07, 6.45) is 0.225. The first kappa shape index (κ1) is 24.2. The number of nitrogens with one attached hydrogen (secondary N) is 1. The van der Waals surface area contributed by atoms with E-state index < -0.39 is 10.0 Å². The summed E-state index contributed by atoms with van der Waals surface area (Å²) < 4.78 is 47.0. The number of nitrogens with zero attached hydrogens (tertiary/aromatic N) is 2. The number of halogens is 1. The van der Waals surface area contributed by atoms with E-state index in [1.54, 1.807) is 42.3 Å². The van der Waals surface area contributed by atoms with Gasteiger partial charge >= 0.3 is 0 Å².